The largest absolute Gasteiger partial charge is 0.507 e. The van der Waals surface area contributed by atoms with Gasteiger partial charge in [0.05, 0.1) is 22.3 Å². The van der Waals surface area contributed by atoms with E-state index in [0.717, 1.165) is 6.54 Å². The Morgan fingerprint density at radius 1 is 0.694 bits per heavy atom. The normalized spacial score (nSPS) is 12.1. The topological polar surface area (TPSA) is 105 Å². The third-order valence-electron chi connectivity index (χ3n) is 5.69. The van der Waals surface area contributed by atoms with Gasteiger partial charge in [0.15, 0.2) is 0 Å². The zero-order valence-electron chi connectivity index (χ0n) is 20.1. The number of benzene rings is 2. The van der Waals surface area contributed by atoms with E-state index < -0.39 is 11.6 Å². The molecular weight excluding hydrogens is 550 g/mol. The van der Waals surface area contributed by atoms with Crippen LogP contribution in [0.25, 0.3) is 0 Å². The monoisotopic (exact) mass is 580 g/mol. The van der Waals surface area contributed by atoms with Gasteiger partial charge in [-0.1, -0.05) is 0 Å². The number of halogens is 4. The molecule has 2 aromatic rings. The first-order valence-corrected chi connectivity index (χ1v) is 12.1. The predicted octanol–water partition coefficient (Wildman–Crippen LogP) is 3.88. The summed E-state index contributed by atoms with van der Waals surface area (Å²) in [5, 5.41) is 27.2. The molecule has 0 saturated heterocycles. The first kappa shape index (κ1) is 32.1. The van der Waals surface area contributed by atoms with Crippen LogP contribution in [0, 0.1) is 0 Å². The van der Waals surface area contributed by atoms with Gasteiger partial charge in [-0.3, -0.25) is 14.5 Å². The highest BCUT2D eigenvalue weighted by Gasteiger charge is 2.37. The quantitative estimate of drug-likeness (QED) is 0.189. The van der Waals surface area contributed by atoms with E-state index in [9.17, 15) is 19.8 Å². The van der Waals surface area contributed by atoms with Gasteiger partial charge in [0.25, 0.3) is 0 Å². The molecule has 0 unspecified atom stereocenters. The van der Waals surface area contributed by atoms with E-state index in [4.69, 9.17) is 23.2 Å². The highest BCUT2D eigenvalue weighted by atomic mass is 35.5. The molecule has 0 heterocycles. The number of anilines is 2. The summed E-state index contributed by atoms with van der Waals surface area (Å²) < 4.78 is 0. The van der Waals surface area contributed by atoms with Gasteiger partial charge in [-0.2, -0.15) is 0 Å². The van der Waals surface area contributed by atoms with Crippen molar-refractivity contribution in [2.75, 3.05) is 75.8 Å². The Bertz CT molecular complexity index is 1060. The van der Waals surface area contributed by atoms with Crippen molar-refractivity contribution >= 4 is 71.0 Å². The molecule has 4 N–H and O–H groups in total. The van der Waals surface area contributed by atoms with Gasteiger partial charge in [-0.05, 0) is 38.4 Å². The molecule has 0 saturated carbocycles. The molecule has 1 aliphatic rings. The van der Waals surface area contributed by atoms with Gasteiger partial charge in [0, 0.05) is 62.4 Å². The minimum Gasteiger partial charge on any atom is -0.507 e. The van der Waals surface area contributed by atoms with Crippen molar-refractivity contribution in [2.45, 2.75) is 0 Å². The van der Waals surface area contributed by atoms with Gasteiger partial charge >= 0.3 is 0 Å². The number of fused-ring (bicyclic) bond motifs is 2. The van der Waals surface area contributed by atoms with Crippen molar-refractivity contribution in [1.82, 2.24) is 9.80 Å². The van der Waals surface area contributed by atoms with Crippen molar-refractivity contribution in [2.24, 2.45) is 0 Å². The Kier molecular flexibility index (Phi) is 13.1. The van der Waals surface area contributed by atoms with E-state index in [2.05, 4.69) is 15.5 Å². The molecule has 0 bridgehead atoms. The molecule has 12 heteroatoms. The second kappa shape index (κ2) is 14.7. The molecular formula is C24H32Cl4N4O4. The molecule has 36 heavy (non-hydrogen) atoms. The van der Waals surface area contributed by atoms with Crippen LogP contribution in [0.5, 0.6) is 11.5 Å². The summed E-state index contributed by atoms with van der Waals surface area (Å²) in [7, 11) is 3.88. The van der Waals surface area contributed by atoms with Crippen molar-refractivity contribution < 1.29 is 19.8 Å². The van der Waals surface area contributed by atoms with Crippen molar-refractivity contribution in [3.8, 4) is 11.5 Å². The zero-order chi connectivity index (χ0) is 24.8. The fourth-order valence-corrected chi connectivity index (χ4v) is 4.47. The summed E-state index contributed by atoms with van der Waals surface area (Å²) in [5.74, 6) is -0.760. The number of nitrogens with zero attached hydrogens (tertiary/aromatic N) is 2. The number of hydrogen-bond acceptors (Lipinski definition) is 8. The number of rotatable bonds is 12. The second-order valence-electron chi connectivity index (χ2n) is 8.30. The maximum absolute atomic E-state index is 13.5. The van der Waals surface area contributed by atoms with Gasteiger partial charge < -0.3 is 25.7 Å². The number of carbonyl (C=O) groups excluding carboxylic acids is 2. The van der Waals surface area contributed by atoms with Gasteiger partial charge in [0.1, 0.15) is 11.5 Å². The minimum absolute atomic E-state index is 0. The molecule has 200 valence electrons. The number of hydrogen-bond donors (Lipinski definition) is 4. The van der Waals surface area contributed by atoms with E-state index in [1.807, 2.05) is 19.0 Å². The molecule has 0 fully saturated rings. The minimum atomic E-state index is -0.518. The lowest BCUT2D eigenvalue weighted by molar-refractivity contribution is 0.0975. The molecule has 0 atom stereocenters. The van der Waals surface area contributed by atoms with E-state index in [1.54, 1.807) is 12.1 Å². The third-order valence-corrected chi connectivity index (χ3v) is 6.03. The Hall–Kier alpha value is -1.94. The molecule has 0 aliphatic heterocycles. The van der Waals surface area contributed by atoms with Crippen LogP contribution in [-0.4, -0.2) is 96.7 Å². The number of aromatic hydroxyl groups is 2. The molecule has 1 aliphatic carbocycles. The Balaban J connectivity index is 0.00000324. The fraction of sp³-hybridized carbons (Fsp3) is 0.417. The average Bonchev–Trinajstić information content (AvgIpc) is 2.79. The lowest BCUT2D eigenvalue weighted by Crippen LogP contribution is -2.33. The Labute approximate surface area is 233 Å². The number of ketones is 2. The molecule has 2 aromatic carbocycles. The maximum Gasteiger partial charge on any atom is 0.200 e. The van der Waals surface area contributed by atoms with Crippen molar-refractivity contribution in [3.63, 3.8) is 0 Å². The second-order valence-corrected chi connectivity index (χ2v) is 9.06. The number of likely N-dealkylation sites (N-methyl/N-ethyl adjacent to an activating group) is 1. The fourth-order valence-electron chi connectivity index (χ4n) is 4.00. The average molecular weight is 582 g/mol. The maximum atomic E-state index is 13.5. The molecule has 0 radical (unpaired) electrons. The van der Waals surface area contributed by atoms with E-state index in [1.165, 1.54) is 12.1 Å². The summed E-state index contributed by atoms with van der Waals surface area (Å²) in [6, 6.07) is 5.93. The smallest absolute Gasteiger partial charge is 0.200 e. The number of phenolic OH excluding ortho intramolecular Hbond substituents is 2. The number of phenols is 2. The number of nitrogens with one attached hydrogen (secondary N) is 2. The highest BCUT2D eigenvalue weighted by molar-refractivity contribution is 6.33. The van der Waals surface area contributed by atoms with Crippen LogP contribution in [0.4, 0.5) is 11.4 Å². The third kappa shape index (κ3) is 7.09. The van der Waals surface area contributed by atoms with Crippen LogP contribution in [0.1, 0.15) is 31.8 Å². The summed E-state index contributed by atoms with van der Waals surface area (Å²) >= 11 is 11.7. The highest BCUT2D eigenvalue weighted by Crippen LogP contribution is 2.42. The van der Waals surface area contributed by atoms with Crippen LogP contribution >= 0.6 is 48.0 Å². The van der Waals surface area contributed by atoms with Crippen LogP contribution in [0.2, 0.25) is 0 Å². The molecule has 0 spiro atoms. The summed E-state index contributed by atoms with van der Waals surface area (Å²) in [6.45, 7) is 3.77. The zero-order valence-corrected chi connectivity index (χ0v) is 23.3. The van der Waals surface area contributed by atoms with Crippen LogP contribution in [0.3, 0.4) is 0 Å². The van der Waals surface area contributed by atoms with Gasteiger partial charge in [0.2, 0.25) is 11.6 Å². The summed E-state index contributed by atoms with van der Waals surface area (Å²) in [6.07, 6.45) is 0. The van der Waals surface area contributed by atoms with Crippen LogP contribution in [-0.2, 0) is 0 Å². The standard InChI is InChI=1S/C24H30Cl2N4O4.2ClH/c1-29(2)13-9-27-15-3-4-16(28-10-14-30(11-7-25)12-8-26)20-19(15)23(33)21-17(31)5-6-18(32)22(21)24(20)34;;/h3-6,27-28,31-32H,7-14H2,1-2H3;2*1H. The number of alkyl halides is 2. The van der Waals surface area contributed by atoms with Crippen LogP contribution < -0.4 is 10.6 Å². The number of carbonyl (C=O) groups is 2. The van der Waals surface area contributed by atoms with Crippen molar-refractivity contribution in [3.05, 3.63) is 46.5 Å². The first-order chi connectivity index (χ1) is 16.3. The molecule has 0 aromatic heterocycles. The summed E-state index contributed by atoms with van der Waals surface area (Å²) in [5.41, 5.74) is 0.976. The SMILES string of the molecule is CN(C)CCNc1ccc(NCCN(CCCl)CCCl)c2c1C(=O)c1c(O)ccc(O)c1C2=O.Cl.Cl. The molecule has 0 amide bonds. The van der Waals surface area contributed by atoms with Crippen LogP contribution in [0.15, 0.2) is 24.3 Å². The lowest BCUT2D eigenvalue weighted by atomic mass is 9.81. The summed E-state index contributed by atoms with van der Waals surface area (Å²) in [4.78, 5) is 31.1. The van der Waals surface area contributed by atoms with E-state index in [0.29, 0.717) is 55.9 Å². The van der Waals surface area contributed by atoms with E-state index in [-0.39, 0.29) is 58.6 Å². The Morgan fingerprint density at radius 3 is 1.50 bits per heavy atom. The first-order valence-electron chi connectivity index (χ1n) is 11.1. The molecule has 8 nitrogen and oxygen atoms in total. The Morgan fingerprint density at radius 2 is 1.11 bits per heavy atom. The van der Waals surface area contributed by atoms with E-state index >= 15 is 0 Å². The van der Waals surface area contributed by atoms with Gasteiger partial charge in [-0.25, -0.2) is 0 Å². The van der Waals surface area contributed by atoms with Crippen molar-refractivity contribution in [1.29, 1.82) is 0 Å². The molecule has 3 rings (SSSR count). The predicted molar refractivity (Wildman–Crippen MR) is 151 cm³/mol. The van der Waals surface area contributed by atoms with Gasteiger partial charge in [-0.15, -0.1) is 48.0 Å². The lowest BCUT2D eigenvalue weighted by Gasteiger charge is -2.26.